The maximum Gasteiger partial charge on any atom is 0.256 e. The molecule has 20 heavy (non-hydrogen) atoms. The molecule has 3 aromatic heterocycles. The van der Waals surface area contributed by atoms with Crippen LogP contribution in [-0.2, 0) is 6.54 Å². The Hall–Kier alpha value is -1.70. The van der Waals surface area contributed by atoms with Crippen LogP contribution in [0.2, 0.25) is 9.62 Å². The van der Waals surface area contributed by atoms with Crippen LogP contribution >= 0.6 is 34.5 Å². The van der Waals surface area contributed by atoms with E-state index >= 15 is 0 Å². The molecule has 6 nitrogen and oxygen atoms in total. The Balaban J connectivity index is 1.79. The zero-order valence-corrected chi connectivity index (χ0v) is 12.3. The van der Waals surface area contributed by atoms with Gasteiger partial charge < -0.3 is 5.32 Å². The number of nitrogens with one attached hydrogen (secondary N) is 1. The van der Waals surface area contributed by atoms with Gasteiger partial charge in [0.25, 0.3) is 5.95 Å². The fourth-order valence-corrected chi connectivity index (χ4v) is 2.70. The number of aromatic nitrogens is 5. The van der Waals surface area contributed by atoms with Gasteiger partial charge in [0.15, 0.2) is 0 Å². The predicted molar refractivity (Wildman–Crippen MR) is 78.6 cm³/mol. The van der Waals surface area contributed by atoms with Gasteiger partial charge in [0, 0.05) is 17.3 Å². The minimum atomic E-state index is 0.109. The van der Waals surface area contributed by atoms with Crippen LogP contribution in [0.5, 0.6) is 0 Å². The number of thiophene rings is 1. The summed E-state index contributed by atoms with van der Waals surface area (Å²) < 4.78 is 2.26. The van der Waals surface area contributed by atoms with Gasteiger partial charge in [-0.15, -0.1) is 11.3 Å². The van der Waals surface area contributed by atoms with Crippen molar-refractivity contribution in [2.75, 3.05) is 5.32 Å². The Bertz CT molecular complexity index is 712. The Morgan fingerprint density at radius 2 is 2.10 bits per heavy atom. The number of nitrogens with zero attached hydrogens (tertiary/aromatic N) is 5. The number of anilines is 1. The average molecular weight is 327 g/mol. The first-order valence-electron chi connectivity index (χ1n) is 5.60. The van der Waals surface area contributed by atoms with Gasteiger partial charge in [-0.25, -0.2) is 4.68 Å². The molecule has 0 radical (unpaired) electrons. The first kappa shape index (κ1) is 13.3. The third kappa shape index (κ3) is 3.06. The van der Waals surface area contributed by atoms with Crippen LogP contribution in [0.25, 0.3) is 5.95 Å². The normalized spacial score (nSPS) is 10.7. The van der Waals surface area contributed by atoms with Crippen molar-refractivity contribution in [3.05, 3.63) is 45.1 Å². The molecule has 0 unspecified atom stereocenters. The van der Waals surface area contributed by atoms with E-state index in [0.717, 1.165) is 9.21 Å². The molecule has 3 heterocycles. The minimum Gasteiger partial charge on any atom is -0.349 e. The van der Waals surface area contributed by atoms with Crippen LogP contribution in [-0.4, -0.2) is 24.7 Å². The molecule has 1 N–H and O–H groups in total. The van der Waals surface area contributed by atoms with E-state index in [-0.39, 0.29) is 5.28 Å². The quantitative estimate of drug-likeness (QED) is 0.798. The second-order valence-corrected chi connectivity index (χ2v) is 5.88. The molecule has 3 rings (SSSR count). The van der Waals surface area contributed by atoms with Crippen molar-refractivity contribution in [1.82, 2.24) is 24.7 Å². The molecule has 9 heteroatoms. The predicted octanol–water partition coefficient (Wildman–Crippen LogP) is 3.04. The molecule has 0 amide bonds. The van der Waals surface area contributed by atoms with E-state index in [2.05, 4.69) is 25.4 Å². The lowest BCUT2D eigenvalue weighted by Gasteiger charge is -2.05. The summed E-state index contributed by atoms with van der Waals surface area (Å²) in [6, 6.07) is 5.56. The van der Waals surface area contributed by atoms with E-state index in [1.54, 1.807) is 18.5 Å². The first-order valence-corrected chi connectivity index (χ1v) is 7.17. The number of hydrogen-bond acceptors (Lipinski definition) is 6. The molecule has 0 saturated carbocycles. The van der Waals surface area contributed by atoms with Crippen LogP contribution in [0.3, 0.4) is 0 Å². The molecule has 102 valence electrons. The number of rotatable bonds is 4. The average Bonchev–Trinajstić information content (AvgIpc) is 3.07. The number of hydrogen-bond donors (Lipinski definition) is 1. The van der Waals surface area contributed by atoms with Crippen molar-refractivity contribution in [3.63, 3.8) is 0 Å². The Kier molecular flexibility index (Phi) is 3.81. The van der Waals surface area contributed by atoms with E-state index in [4.69, 9.17) is 23.2 Å². The highest BCUT2D eigenvalue weighted by Gasteiger charge is 2.07. The Morgan fingerprint density at radius 3 is 2.80 bits per heavy atom. The summed E-state index contributed by atoms with van der Waals surface area (Å²) in [6.45, 7) is 0.566. The van der Waals surface area contributed by atoms with Gasteiger partial charge in [0.2, 0.25) is 11.2 Å². The third-order valence-corrected chi connectivity index (χ3v) is 3.76. The molecule has 0 aliphatic heterocycles. The third-order valence-electron chi connectivity index (χ3n) is 2.36. The summed E-state index contributed by atoms with van der Waals surface area (Å²) in [7, 11) is 0. The van der Waals surface area contributed by atoms with Crippen molar-refractivity contribution in [2.24, 2.45) is 0 Å². The highest BCUT2D eigenvalue weighted by atomic mass is 35.5. The topological polar surface area (TPSA) is 68.5 Å². The maximum absolute atomic E-state index is 5.89. The molecule has 0 spiro atoms. The lowest BCUT2D eigenvalue weighted by molar-refractivity contribution is 0.795. The summed E-state index contributed by atoms with van der Waals surface area (Å²) in [6.07, 6.45) is 3.37. The molecular formula is C11H8Cl2N6S. The minimum absolute atomic E-state index is 0.109. The van der Waals surface area contributed by atoms with Crippen molar-refractivity contribution in [2.45, 2.75) is 6.54 Å². The van der Waals surface area contributed by atoms with E-state index in [0.29, 0.717) is 18.4 Å². The smallest absolute Gasteiger partial charge is 0.256 e. The fraction of sp³-hybridized carbons (Fsp3) is 0.0909. The van der Waals surface area contributed by atoms with Gasteiger partial charge in [-0.3, -0.25) is 0 Å². The van der Waals surface area contributed by atoms with Crippen LogP contribution in [0, 0.1) is 0 Å². The molecule has 0 atom stereocenters. The van der Waals surface area contributed by atoms with Gasteiger partial charge in [0.05, 0.1) is 10.9 Å². The zero-order chi connectivity index (χ0) is 13.9. The Labute approximate surface area is 128 Å². The van der Waals surface area contributed by atoms with Crippen molar-refractivity contribution in [3.8, 4) is 5.95 Å². The van der Waals surface area contributed by atoms with Gasteiger partial charge in [0.1, 0.15) is 0 Å². The molecule has 0 saturated heterocycles. The fourth-order valence-electron chi connectivity index (χ4n) is 1.52. The van der Waals surface area contributed by atoms with E-state index in [1.807, 2.05) is 12.1 Å². The zero-order valence-electron chi connectivity index (χ0n) is 9.99. The molecule has 0 aromatic carbocycles. The summed E-state index contributed by atoms with van der Waals surface area (Å²) in [4.78, 5) is 13.4. The summed E-state index contributed by atoms with van der Waals surface area (Å²) in [5, 5.41) is 7.24. The molecule has 0 aliphatic carbocycles. The lowest BCUT2D eigenvalue weighted by atomic mass is 10.5. The van der Waals surface area contributed by atoms with E-state index in [1.165, 1.54) is 16.0 Å². The number of halogens is 2. The Morgan fingerprint density at radius 1 is 1.20 bits per heavy atom. The monoisotopic (exact) mass is 326 g/mol. The maximum atomic E-state index is 5.89. The van der Waals surface area contributed by atoms with Gasteiger partial charge >= 0.3 is 0 Å². The summed E-state index contributed by atoms with van der Waals surface area (Å²) >= 11 is 13.3. The van der Waals surface area contributed by atoms with Gasteiger partial charge in [-0.1, -0.05) is 11.6 Å². The molecule has 0 bridgehead atoms. The standard InChI is InChI=1S/C11H8Cl2N6S/c12-8-3-2-7(20-8)6-14-10-16-9(13)17-11(18-10)19-5-1-4-15-19/h1-5H,6H2,(H,14,16,17,18). The van der Waals surface area contributed by atoms with Crippen LogP contribution in [0.1, 0.15) is 4.88 Å². The van der Waals surface area contributed by atoms with Gasteiger partial charge in [-0.2, -0.15) is 20.1 Å². The molecular weight excluding hydrogens is 319 g/mol. The van der Waals surface area contributed by atoms with E-state index in [9.17, 15) is 0 Å². The van der Waals surface area contributed by atoms with Crippen molar-refractivity contribution >= 4 is 40.5 Å². The second kappa shape index (κ2) is 5.74. The lowest BCUT2D eigenvalue weighted by Crippen LogP contribution is -2.08. The van der Waals surface area contributed by atoms with Gasteiger partial charge in [-0.05, 0) is 29.8 Å². The summed E-state index contributed by atoms with van der Waals surface area (Å²) in [5.74, 6) is 0.752. The van der Waals surface area contributed by atoms with E-state index < -0.39 is 0 Å². The van der Waals surface area contributed by atoms with Crippen molar-refractivity contribution in [1.29, 1.82) is 0 Å². The highest BCUT2D eigenvalue weighted by Crippen LogP contribution is 2.22. The SMILES string of the molecule is Clc1nc(NCc2ccc(Cl)s2)nc(-n2cccn2)n1. The highest BCUT2D eigenvalue weighted by molar-refractivity contribution is 7.16. The molecule has 0 aliphatic rings. The molecule has 3 aromatic rings. The first-order chi connectivity index (χ1) is 9.70. The van der Waals surface area contributed by atoms with Crippen molar-refractivity contribution < 1.29 is 0 Å². The second-order valence-electron chi connectivity index (χ2n) is 3.74. The van der Waals surface area contributed by atoms with Crippen LogP contribution < -0.4 is 5.32 Å². The van der Waals surface area contributed by atoms with Crippen LogP contribution in [0.15, 0.2) is 30.6 Å². The summed E-state index contributed by atoms with van der Waals surface area (Å²) in [5.41, 5.74) is 0. The largest absolute Gasteiger partial charge is 0.349 e. The van der Waals surface area contributed by atoms with Crippen LogP contribution in [0.4, 0.5) is 5.95 Å². The molecule has 0 fully saturated rings.